The van der Waals surface area contributed by atoms with Gasteiger partial charge in [-0.05, 0) is 17.9 Å². The van der Waals surface area contributed by atoms with E-state index in [-0.39, 0.29) is 5.84 Å². The summed E-state index contributed by atoms with van der Waals surface area (Å²) < 4.78 is 1.89. The van der Waals surface area contributed by atoms with Crippen LogP contribution in [0, 0.1) is 0 Å². The molecule has 0 amide bonds. The molecule has 84 valence electrons. The highest BCUT2D eigenvalue weighted by Gasteiger charge is 2.06. The summed E-state index contributed by atoms with van der Waals surface area (Å²) in [5, 5.41) is 11.5. The fourth-order valence-corrected chi connectivity index (χ4v) is 1.87. The van der Waals surface area contributed by atoms with Crippen LogP contribution in [0.2, 0.25) is 0 Å². The lowest BCUT2D eigenvalue weighted by Gasteiger charge is -2.05. The van der Waals surface area contributed by atoms with Crippen LogP contribution in [0.4, 0.5) is 0 Å². The number of hydrogen-bond donors (Lipinski definition) is 2. The molecule has 1 rings (SSSR count). The number of oxime groups is 1. The average molecular weight is 228 g/mol. The average Bonchev–Trinajstić information content (AvgIpc) is 2.71. The van der Waals surface area contributed by atoms with Gasteiger partial charge in [-0.25, -0.2) is 4.98 Å². The van der Waals surface area contributed by atoms with Crippen molar-refractivity contribution >= 4 is 17.6 Å². The van der Waals surface area contributed by atoms with E-state index in [1.54, 1.807) is 6.20 Å². The molecule has 0 fully saturated rings. The number of nitrogens with two attached hydrogens (primary N) is 1. The number of imidazole rings is 1. The Morgan fingerprint density at radius 1 is 1.73 bits per heavy atom. The molecular weight excluding hydrogens is 212 g/mol. The molecule has 15 heavy (non-hydrogen) atoms. The summed E-state index contributed by atoms with van der Waals surface area (Å²) in [5.41, 5.74) is 5.48. The first-order chi connectivity index (χ1) is 7.29. The first-order valence-corrected chi connectivity index (χ1v) is 6.01. The molecule has 0 aliphatic heterocycles. The third-order valence-electron chi connectivity index (χ3n) is 1.94. The van der Waals surface area contributed by atoms with E-state index in [9.17, 15) is 0 Å². The topological polar surface area (TPSA) is 76.4 Å². The van der Waals surface area contributed by atoms with Crippen LogP contribution in [0.1, 0.15) is 19.2 Å². The molecule has 3 N–H and O–H groups in total. The SMILES string of the molecule is CCSCCCn1ccnc1/C(N)=N/O. The Morgan fingerprint density at radius 3 is 3.20 bits per heavy atom. The molecule has 1 heterocycles. The molecule has 1 aromatic heterocycles. The molecule has 0 saturated heterocycles. The minimum Gasteiger partial charge on any atom is -0.409 e. The van der Waals surface area contributed by atoms with Gasteiger partial charge in [0.15, 0.2) is 5.82 Å². The second kappa shape index (κ2) is 6.34. The molecule has 0 radical (unpaired) electrons. The van der Waals surface area contributed by atoms with Gasteiger partial charge >= 0.3 is 0 Å². The lowest BCUT2D eigenvalue weighted by atomic mass is 10.4. The van der Waals surface area contributed by atoms with Crippen LogP contribution in [0.15, 0.2) is 17.5 Å². The van der Waals surface area contributed by atoms with Gasteiger partial charge in [0.2, 0.25) is 5.84 Å². The maximum atomic E-state index is 8.55. The maximum absolute atomic E-state index is 8.55. The Hall–Kier alpha value is -1.17. The maximum Gasteiger partial charge on any atom is 0.206 e. The number of thioether (sulfide) groups is 1. The lowest BCUT2D eigenvalue weighted by molar-refractivity contribution is 0.318. The first kappa shape index (κ1) is 11.9. The molecule has 0 unspecified atom stereocenters. The van der Waals surface area contributed by atoms with Crippen molar-refractivity contribution in [3.05, 3.63) is 18.2 Å². The summed E-state index contributed by atoms with van der Waals surface area (Å²) in [7, 11) is 0. The van der Waals surface area contributed by atoms with Gasteiger partial charge in [0.1, 0.15) is 0 Å². The van der Waals surface area contributed by atoms with Crippen LogP contribution in [-0.2, 0) is 6.54 Å². The fraction of sp³-hybridized carbons (Fsp3) is 0.556. The lowest BCUT2D eigenvalue weighted by Crippen LogP contribution is -2.19. The van der Waals surface area contributed by atoms with Crippen LogP contribution in [-0.4, -0.2) is 32.1 Å². The van der Waals surface area contributed by atoms with Crippen LogP contribution in [0.3, 0.4) is 0 Å². The number of nitrogens with zero attached hydrogens (tertiary/aromatic N) is 3. The monoisotopic (exact) mass is 228 g/mol. The predicted molar refractivity (Wildman–Crippen MR) is 62.4 cm³/mol. The van der Waals surface area contributed by atoms with Crippen molar-refractivity contribution in [2.75, 3.05) is 11.5 Å². The second-order valence-corrected chi connectivity index (χ2v) is 4.37. The van der Waals surface area contributed by atoms with Gasteiger partial charge in [-0.1, -0.05) is 12.1 Å². The molecule has 0 spiro atoms. The minimum absolute atomic E-state index is 0.0585. The Bertz CT molecular complexity index is 324. The smallest absolute Gasteiger partial charge is 0.206 e. The van der Waals surface area contributed by atoms with Crippen LogP contribution < -0.4 is 5.73 Å². The van der Waals surface area contributed by atoms with Crippen molar-refractivity contribution in [2.24, 2.45) is 10.9 Å². The molecule has 1 aromatic rings. The zero-order chi connectivity index (χ0) is 11.1. The van der Waals surface area contributed by atoms with E-state index >= 15 is 0 Å². The number of rotatable bonds is 6. The van der Waals surface area contributed by atoms with Crippen molar-refractivity contribution in [2.45, 2.75) is 19.9 Å². The van der Waals surface area contributed by atoms with E-state index in [2.05, 4.69) is 17.1 Å². The second-order valence-electron chi connectivity index (χ2n) is 2.98. The summed E-state index contributed by atoms with van der Waals surface area (Å²) in [5.74, 6) is 2.84. The summed E-state index contributed by atoms with van der Waals surface area (Å²) >= 11 is 1.91. The normalized spacial score (nSPS) is 11.9. The summed E-state index contributed by atoms with van der Waals surface area (Å²) in [6, 6.07) is 0. The third-order valence-corrected chi connectivity index (χ3v) is 2.93. The highest BCUT2D eigenvalue weighted by Crippen LogP contribution is 2.04. The van der Waals surface area contributed by atoms with Crippen molar-refractivity contribution < 1.29 is 5.21 Å². The van der Waals surface area contributed by atoms with Crippen LogP contribution in [0.5, 0.6) is 0 Å². The van der Waals surface area contributed by atoms with Crippen molar-refractivity contribution in [3.63, 3.8) is 0 Å². The Balaban J connectivity index is 2.50. The molecule has 5 nitrogen and oxygen atoms in total. The molecule has 0 aliphatic rings. The van der Waals surface area contributed by atoms with Crippen molar-refractivity contribution in [3.8, 4) is 0 Å². The van der Waals surface area contributed by atoms with E-state index in [0.29, 0.717) is 5.82 Å². The van der Waals surface area contributed by atoms with Gasteiger partial charge in [0.05, 0.1) is 0 Å². The van der Waals surface area contributed by atoms with Crippen molar-refractivity contribution in [1.29, 1.82) is 0 Å². The van der Waals surface area contributed by atoms with Crippen LogP contribution >= 0.6 is 11.8 Å². The van der Waals surface area contributed by atoms with Gasteiger partial charge in [0, 0.05) is 18.9 Å². The predicted octanol–water partition coefficient (Wildman–Crippen LogP) is 1.12. The molecule has 0 aromatic carbocycles. The molecule has 6 heteroatoms. The van der Waals surface area contributed by atoms with E-state index in [1.165, 1.54) is 0 Å². The summed E-state index contributed by atoms with van der Waals surface area (Å²) in [4.78, 5) is 4.03. The van der Waals surface area contributed by atoms with Crippen molar-refractivity contribution in [1.82, 2.24) is 9.55 Å². The molecule has 0 atom stereocenters. The standard InChI is InChI=1S/C9H16N4OS/c1-2-15-7-3-5-13-6-4-11-9(13)8(10)12-14/h4,6,14H,2-3,5,7H2,1H3,(H2,10,12). The zero-order valence-electron chi connectivity index (χ0n) is 8.76. The van der Waals surface area contributed by atoms with E-state index in [4.69, 9.17) is 10.9 Å². The Morgan fingerprint density at radius 2 is 2.53 bits per heavy atom. The first-order valence-electron chi connectivity index (χ1n) is 4.86. The highest BCUT2D eigenvalue weighted by molar-refractivity contribution is 7.99. The number of amidine groups is 1. The Labute approximate surface area is 93.4 Å². The quantitative estimate of drug-likeness (QED) is 0.251. The van der Waals surface area contributed by atoms with Gasteiger partial charge < -0.3 is 15.5 Å². The Kier molecular flexibility index (Phi) is 5.03. The van der Waals surface area contributed by atoms with Gasteiger partial charge in [-0.15, -0.1) is 0 Å². The third kappa shape index (κ3) is 3.47. The summed E-state index contributed by atoms with van der Waals surface area (Å²) in [6.07, 6.45) is 4.55. The van der Waals surface area contributed by atoms with Crippen LogP contribution in [0.25, 0.3) is 0 Å². The summed E-state index contributed by atoms with van der Waals surface area (Å²) in [6.45, 7) is 2.99. The highest BCUT2D eigenvalue weighted by atomic mass is 32.2. The number of hydrogen-bond acceptors (Lipinski definition) is 4. The largest absolute Gasteiger partial charge is 0.409 e. The molecule has 0 bridgehead atoms. The molecule has 0 saturated carbocycles. The number of aromatic nitrogens is 2. The van der Waals surface area contributed by atoms with Gasteiger partial charge in [-0.3, -0.25) is 0 Å². The fourth-order valence-electron chi connectivity index (χ4n) is 1.25. The van der Waals surface area contributed by atoms with Gasteiger partial charge in [0.25, 0.3) is 0 Å². The van der Waals surface area contributed by atoms with Gasteiger partial charge in [-0.2, -0.15) is 11.8 Å². The van der Waals surface area contributed by atoms with E-state index < -0.39 is 0 Å². The molecular formula is C9H16N4OS. The van der Waals surface area contributed by atoms with E-state index in [0.717, 1.165) is 24.5 Å². The van der Waals surface area contributed by atoms with E-state index in [1.807, 2.05) is 22.5 Å². The zero-order valence-corrected chi connectivity index (χ0v) is 9.57. The molecule has 0 aliphatic carbocycles. The number of aryl methyl sites for hydroxylation is 1. The minimum atomic E-state index is 0.0585.